The Labute approximate surface area is 146 Å². The molecule has 0 aliphatic carbocycles. The number of rotatable bonds is 4. The Morgan fingerprint density at radius 1 is 1.12 bits per heavy atom. The molecule has 130 valence electrons. The van der Waals surface area contributed by atoms with Crippen molar-refractivity contribution in [2.45, 2.75) is 25.7 Å². The molecule has 0 radical (unpaired) electrons. The number of para-hydroxylation sites is 1. The largest absolute Gasteiger partial charge is 0.493 e. The van der Waals surface area contributed by atoms with Gasteiger partial charge in [-0.25, -0.2) is 0 Å². The Morgan fingerprint density at radius 3 is 2.68 bits per heavy atom. The zero-order chi connectivity index (χ0) is 17.2. The van der Waals surface area contributed by atoms with E-state index in [1.807, 2.05) is 36.4 Å². The summed E-state index contributed by atoms with van der Waals surface area (Å²) in [6.07, 6.45) is 1.33. The SMILES string of the molecule is CCCOc1ccccc1[C@H]1CC(=O)Nc2cc3c(cc21)OCCO3. The summed E-state index contributed by atoms with van der Waals surface area (Å²) in [7, 11) is 0. The number of amides is 1. The van der Waals surface area contributed by atoms with Crippen molar-refractivity contribution >= 4 is 11.6 Å². The van der Waals surface area contributed by atoms with Crippen molar-refractivity contribution in [3.05, 3.63) is 47.5 Å². The number of hydrogen-bond donors (Lipinski definition) is 1. The maximum atomic E-state index is 12.3. The zero-order valence-electron chi connectivity index (χ0n) is 14.2. The maximum absolute atomic E-state index is 12.3. The van der Waals surface area contributed by atoms with Crippen LogP contribution in [0.2, 0.25) is 0 Å². The maximum Gasteiger partial charge on any atom is 0.225 e. The van der Waals surface area contributed by atoms with Gasteiger partial charge >= 0.3 is 0 Å². The van der Waals surface area contributed by atoms with Crippen LogP contribution in [0.3, 0.4) is 0 Å². The summed E-state index contributed by atoms with van der Waals surface area (Å²) < 4.78 is 17.3. The third-order valence-corrected chi connectivity index (χ3v) is 4.51. The lowest BCUT2D eigenvalue weighted by molar-refractivity contribution is -0.116. The van der Waals surface area contributed by atoms with E-state index in [1.54, 1.807) is 0 Å². The van der Waals surface area contributed by atoms with E-state index in [0.717, 1.165) is 34.7 Å². The van der Waals surface area contributed by atoms with E-state index in [0.29, 0.717) is 32.0 Å². The van der Waals surface area contributed by atoms with E-state index in [2.05, 4.69) is 12.2 Å². The quantitative estimate of drug-likeness (QED) is 0.922. The fraction of sp³-hybridized carbons (Fsp3) is 0.350. The highest BCUT2D eigenvalue weighted by atomic mass is 16.6. The molecule has 25 heavy (non-hydrogen) atoms. The number of hydrogen-bond acceptors (Lipinski definition) is 4. The molecule has 5 heteroatoms. The number of nitrogens with one attached hydrogen (secondary N) is 1. The fourth-order valence-electron chi connectivity index (χ4n) is 3.39. The molecule has 0 aromatic heterocycles. The van der Waals surface area contributed by atoms with Gasteiger partial charge in [-0.2, -0.15) is 0 Å². The third-order valence-electron chi connectivity index (χ3n) is 4.51. The standard InChI is InChI=1S/C20H21NO4/c1-2-7-23-17-6-4-3-5-13(17)14-11-20(22)21-16-12-19-18(10-15(14)16)24-8-9-25-19/h3-6,10,12,14H,2,7-9,11H2,1H3,(H,21,22)/t14-/m1/s1. The molecule has 1 N–H and O–H groups in total. The molecular weight excluding hydrogens is 318 g/mol. The molecule has 2 aromatic rings. The molecule has 0 bridgehead atoms. The summed E-state index contributed by atoms with van der Waals surface area (Å²) in [6, 6.07) is 11.8. The average Bonchev–Trinajstić information content (AvgIpc) is 2.64. The molecule has 1 atom stereocenters. The first-order chi connectivity index (χ1) is 12.3. The molecule has 5 nitrogen and oxygen atoms in total. The zero-order valence-corrected chi connectivity index (χ0v) is 14.2. The Morgan fingerprint density at radius 2 is 1.88 bits per heavy atom. The smallest absolute Gasteiger partial charge is 0.225 e. The van der Waals surface area contributed by atoms with Crippen LogP contribution >= 0.6 is 0 Å². The lowest BCUT2D eigenvalue weighted by atomic mass is 9.84. The number of carbonyl (C=O) groups is 1. The molecule has 0 saturated carbocycles. The molecule has 2 heterocycles. The van der Waals surface area contributed by atoms with E-state index in [9.17, 15) is 4.79 Å². The fourth-order valence-corrected chi connectivity index (χ4v) is 3.39. The van der Waals surface area contributed by atoms with Crippen LogP contribution in [0.4, 0.5) is 5.69 Å². The second-order valence-corrected chi connectivity index (χ2v) is 6.27. The van der Waals surface area contributed by atoms with E-state index >= 15 is 0 Å². The van der Waals surface area contributed by atoms with Crippen LogP contribution in [0.1, 0.15) is 36.8 Å². The second kappa shape index (κ2) is 6.67. The number of fused-ring (bicyclic) bond motifs is 2. The monoisotopic (exact) mass is 339 g/mol. The van der Waals surface area contributed by atoms with Crippen molar-refractivity contribution in [1.82, 2.24) is 0 Å². The Bertz CT molecular complexity index is 802. The summed E-state index contributed by atoms with van der Waals surface area (Å²) in [5, 5.41) is 2.96. The second-order valence-electron chi connectivity index (χ2n) is 6.27. The first kappa shape index (κ1) is 15.8. The minimum Gasteiger partial charge on any atom is -0.493 e. The van der Waals surface area contributed by atoms with Crippen molar-refractivity contribution in [3.63, 3.8) is 0 Å². The normalized spacial score (nSPS) is 18.3. The van der Waals surface area contributed by atoms with E-state index < -0.39 is 0 Å². The van der Waals surface area contributed by atoms with Gasteiger partial charge in [0.2, 0.25) is 5.91 Å². The lowest BCUT2D eigenvalue weighted by Gasteiger charge is -2.29. The summed E-state index contributed by atoms with van der Waals surface area (Å²) in [6.45, 7) is 3.80. The van der Waals surface area contributed by atoms with Crippen LogP contribution in [0.5, 0.6) is 17.2 Å². The van der Waals surface area contributed by atoms with Gasteiger partial charge < -0.3 is 19.5 Å². The molecule has 2 aliphatic heterocycles. The molecule has 0 unspecified atom stereocenters. The van der Waals surface area contributed by atoms with Crippen molar-refractivity contribution in [2.24, 2.45) is 0 Å². The molecule has 2 aromatic carbocycles. The van der Waals surface area contributed by atoms with Crippen LogP contribution in [0, 0.1) is 0 Å². The van der Waals surface area contributed by atoms with E-state index in [1.165, 1.54) is 0 Å². The molecule has 1 amide bonds. The number of carbonyl (C=O) groups excluding carboxylic acids is 1. The summed E-state index contributed by atoms with van der Waals surface area (Å²) >= 11 is 0. The highest BCUT2D eigenvalue weighted by molar-refractivity contribution is 5.96. The molecule has 0 fully saturated rings. The summed E-state index contributed by atoms with van der Waals surface area (Å²) in [5.41, 5.74) is 2.86. The topological polar surface area (TPSA) is 56.8 Å². The van der Waals surface area contributed by atoms with Gasteiger partial charge in [0, 0.05) is 29.7 Å². The van der Waals surface area contributed by atoms with Crippen LogP contribution in [0.25, 0.3) is 0 Å². The van der Waals surface area contributed by atoms with Gasteiger partial charge in [-0.1, -0.05) is 25.1 Å². The number of ether oxygens (including phenoxy) is 3. The van der Waals surface area contributed by atoms with Gasteiger partial charge in [0.25, 0.3) is 0 Å². The first-order valence-corrected chi connectivity index (χ1v) is 8.71. The molecular formula is C20H21NO4. The van der Waals surface area contributed by atoms with Gasteiger partial charge in [0.05, 0.1) is 6.61 Å². The molecule has 4 rings (SSSR count). The number of benzene rings is 2. The van der Waals surface area contributed by atoms with Gasteiger partial charge in [-0.05, 0) is 24.1 Å². The highest BCUT2D eigenvalue weighted by Gasteiger charge is 2.31. The predicted molar refractivity (Wildman–Crippen MR) is 94.7 cm³/mol. The summed E-state index contributed by atoms with van der Waals surface area (Å²) in [5.74, 6) is 2.19. The van der Waals surface area contributed by atoms with E-state index in [4.69, 9.17) is 14.2 Å². The Balaban J connectivity index is 1.78. The molecule has 0 saturated heterocycles. The highest BCUT2D eigenvalue weighted by Crippen LogP contribution is 2.45. The van der Waals surface area contributed by atoms with Gasteiger partial charge in [-0.15, -0.1) is 0 Å². The van der Waals surface area contributed by atoms with Crippen molar-refractivity contribution in [1.29, 1.82) is 0 Å². The van der Waals surface area contributed by atoms with E-state index in [-0.39, 0.29) is 11.8 Å². The third kappa shape index (κ3) is 3.02. The van der Waals surface area contributed by atoms with Crippen molar-refractivity contribution < 1.29 is 19.0 Å². The van der Waals surface area contributed by atoms with Gasteiger partial charge in [-0.3, -0.25) is 4.79 Å². The minimum atomic E-state index is -0.0624. The van der Waals surface area contributed by atoms with Crippen LogP contribution in [-0.2, 0) is 4.79 Å². The van der Waals surface area contributed by atoms with Crippen LogP contribution < -0.4 is 19.5 Å². The van der Waals surface area contributed by atoms with Gasteiger partial charge in [0.1, 0.15) is 19.0 Å². The van der Waals surface area contributed by atoms with Gasteiger partial charge in [0.15, 0.2) is 11.5 Å². The van der Waals surface area contributed by atoms with Crippen LogP contribution in [0.15, 0.2) is 36.4 Å². The minimum absolute atomic E-state index is 0.000489. The van der Waals surface area contributed by atoms with Crippen molar-refractivity contribution in [3.8, 4) is 17.2 Å². The van der Waals surface area contributed by atoms with Crippen LogP contribution in [-0.4, -0.2) is 25.7 Å². The number of anilines is 1. The molecule has 2 aliphatic rings. The predicted octanol–water partition coefficient (Wildman–Crippen LogP) is 3.72. The molecule has 0 spiro atoms. The first-order valence-electron chi connectivity index (χ1n) is 8.71. The Kier molecular flexibility index (Phi) is 4.22. The van der Waals surface area contributed by atoms with Crippen molar-refractivity contribution in [2.75, 3.05) is 25.1 Å². The lowest BCUT2D eigenvalue weighted by Crippen LogP contribution is -2.25. The Hall–Kier alpha value is -2.69. The summed E-state index contributed by atoms with van der Waals surface area (Å²) in [4.78, 5) is 12.3. The average molecular weight is 339 g/mol.